The lowest BCUT2D eigenvalue weighted by Gasteiger charge is -2.18. The summed E-state index contributed by atoms with van der Waals surface area (Å²) in [5.74, 6) is -0.903. The van der Waals surface area contributed by atoms with Gasteiger partial charge < -0.3 is 14.2 Å². The molecule has 1 unspecified atom stereocenters. The zero-order valence-corrected chi connectivity index (χ0v) is 37.9. The molecule has 1 atom stereocenters. The molecule has 332 valence electrons. The molecular formula is C51H92O6. The molecule has 0 bridgehead atoms. The normalized spacial score (nSPS) is 12.3. The van der Waals surface area contributed by atoms with Gasteiger partial charge in [0.05, 0.1) is 0 Å². The largest absolute Gasteiger partial charge is 0.462 e. The smallest absolute Gasteiger partial charge is 0.306 e. The number of rotatable bonds is 44. The first-order valence-corrected chi connectivity index (χ1v) is 24.5. The molecule has 0 saturated heterocycles. The summed E-state index contributed by atoms with van der Waals surface area (Å²) in [5.41, 5.74) is 0. The third kappa shape index (κ3) is 44.6. The maximum atomic E-state index is 12.7. The monoisotopic (exact) mass is 801 g/mol. The summed E-state index contributed by atoms with van der Waals surface area (Å²) in [4.78, 5) is 37.8. The van der Waals surface area contributed by atoms with E-state index >= 15 is 0 Å². The number of carbonyl (C=O) groups is 3. The number of esters is 3. The van der Waals surface area contributed by atoms with Crippen LogP contribution in [0.15, 0.2) is 36.5 Å². The van der Waals surface area contributed by atoms with Crippen molar-refractivity contribution in [2.24, 2.45) is 0 Å². The van der Waals surface area contributed by atoms with Crippen LogP contribution in [0.1, 0.15) is 252 Å². The van der Waals surface area contributed by atoms with Gasteiger partial charge in [0.2, 0.25) is 0 Å². The molecule has 0 aliphatic rings. The van der Waals surface area contributed by atoms with E-state index in [1.165, 1.54) is 128 Å². The Morgan fingerprint density at radius 2 is 0.596 bits per heavy atom. The first kappa shape index (κ1) is 54.6. The molecule has 0 heterocycles. The summed E-state index contributed by atoms with van der Waals surface area (Å²) in [5, 5.41) is 0. The Labute approximate surface area is 353 Å². The molecule has 0 aliphatic heterocycles. The van der Waals surface area contributed by atoms with Gasteiger partial charge in [-0.1, -0.05) is 179 Å². The van der Waals surface area contributed by atoms with Gasteiger partial charge in [-0.25, -0.2) is 0 Å². The van der Waals surface area contributed by atoms with Crippen LogP contribution in [-0.4, -0.2) is 37.2 Å². The van der Waals surface area contributed by atoms with Gasteiger partial charge in [0.15, 0.2) is 6.10 Å². The highest BCUT2D eigenvalue weighted by Crippen LogP contribution is 2.14. The quantitative estimate of drug-likeness (QED) is 0.0264. The van der Waals surface area contributed by atoms with Crippen LogP contribution in [0, 0.1) is 0 Å². The van der Waals surface area contributed by atoms with E-state index in [-0.39, 0.29) is 31.1 Å². The van der Waals surface area contributed by atoms with Crippen molar-refractivity contribution >= 4 is 17.9 Å². The van der Waals surface area contributed by atoms with Crippen LogP contribution in [0.4, 0.5) is 0 Å². The Balaban J connectivity index is 4.38. The molecular weight excluding hydrogens is 709 g/mol. The van der Waals surface area contributed by atoms with E-state index in [0.717, 1.165) is 83.5 Å². The average molecular weight is 801 g/mol. The molecule has 0 amide bonds. The Bertz CT molecular complexity index is 969. The minimum Gasteiger partial charge on any atom is -0.462 e. The molecule has 0 aromatic heterocycles. The molecule has 6 nitrogen and oxygen atoms in total. The number of allylic oxidation sites excluding steroid dienone is 6. The Hall–Kier alpha value is -2.37. The van der Waals surface area contributed by atoms with E-state index in [2.05, 4.69) is 57.2 Å². The first-order valence-electron chi connectivity index (χ1n) is 24.5. The van der Waals surface area contributed by atoms with Crippen molar-refractivity contribution in [2.75, 3.05) is 13.2 Å². The van der Waals surface area contributed by atoms with E-state index in [9.17, 15) is 14.4 Å². The van der Waals surface area contributed by atoms with Crippen LogP contribution in [0.5, 0.6) is 0 Å². The van der Waals surface area contributed by atoms with Crippen LogP contribution in [0.3, 0.4) is 0 Å². The molecule has 6 heteroatoms. The van der Waals surface area contributed by atoms with E-state index < -0.39 is 6.10 Å². The topological polar surface area (TPSA) is 78.9 Å². The summed E-state index contributed by atoms with van der Waals surface area (Å²) in [6.07, 6.45) is 52.6. The third-order valence-electron chi connectivity index (χ3n) is 10.6. The molecule has 0 aromatic rings. The first-order chi connectivity index (χ1) is 28.0. The van der Waals surface area contributed by atoms with Gasteiger partial charge in [-0.2, -0.15) is 0 Å². The van der Waals surface area contributed by atoms with Gasteiger partial charge in [0.1, 0.15) is 13.2 Å². The lowest BCUT2D eigenvalue weighted by Crippen LogP contribution is -2.30. The predicted octanol–water partition coefficient (Wildman–Crippen LogP) is 15.8. The van der Waals surface area contributed by atoms with Crippen molar-refractivity contribution in [3.05, 3.63) is 36.5 Å². The second kappa shape index (κ2) is 46.3. The lowest BCUT2D eigenvalue weighted by molar-refractivity contribution is -0.167. The third-order valence-corrected chi connectivity index (χ3v) is 10.6. The minimum atomic E-state index is -0.779. The highest BCUT2D eigenvalue weighted by molar-refractivity contribution is 5.71. The number of ether oxygens (including phenoxy) is 3. The fourth-order valence-corrected chi connectivity index (χ4v) is 6.82. The maximum Gasteiger partial charge on any atom is 0.306 e. The molecule has 0 radical (unpaired) electrons. The summed E-state index contributed by atoms with van der Waals surface area (Å²) >= 11 is 0. The summed E-state index contributed by atoms with van der Waals surface area (Å²) in [6.45, 7) is 6.56. The van der Waals surface area contributed by atoms with Crippen LogP contribution in [0.2, 0.25) is 0 Å². The number of carbonyl (C=O) groups excluding carboxylic acids is 3. The maximum absolute atomic E-state index is 12.7. The van der Waals surface area contributed by atoms with Crippen molar-refractivity contribution in [2.45, 2.75) is 258 Å². The van der Waals surface area contributed by atoms with Crippen molar-refractivity contribution in [1.82, 2.24) is 0 Å². The highest BCUT2D eigenvalue weighted by atomic mass is 16.6. The summed E-state index contributed by atoms with van der Waals surface area (Å²) < 4.78 is 16.7. The SMILES string of the molecule is CCCC/C=C\CCCCCCCC(=O)OCC(COC(=O)CCCCCCC/C=C\CCCCCCCC)OC(=O)CCCCCCC/C=C\CCCCCC. The molecule has 0 fully saturated rings. The van der Waals surface area contributed by atoms with Gasteiger partial charge in [-0.05, 0) is 89.9 Å². The van der Waals surface area contributed by atoms with Crippen LogP contribution in [0.25, 0.3) is 0 Å². The Morgan fingerprint density at radius 3 is 0.947 bits per heavy atom. The zero-order valence-electron chi connectivity index (χ0n) is 37.9. The van der Waals surface area contributed by atoms with Crippen LogP contribution < -0.4 is 0 Å². The zero-order chi connectivity index (χ0) is 41.5. The molecule has 0 aromatic carbocycles. The molecule has 0 rings (SSSR count). The van der Waals surface area contributed by atoms with E-state index in [1.807, 2.05) is 0 Å². The molecule has 0 saturated carbocycles. The van der Waals surface area contributed by atoms with Gasteiger partial charge in [0.25, 0.3) is 0 Å². The average Bonchev–Trinajstić information content (AvgIpc) is 3.21. The summed E-state index contributed by atoms with van der Waals surface area (Å²) in [6, 6.07) is 0. The van der Waals surface area contributed by atoms with E-state index in [0.29, 0.717) is 19.3 Å². The minimum absolute atomic E-state index is 0.0814. The van der Waals surface area contributed by atoms with Gasteiger partial charge in [-0.3, -0.25) is 14.4 Å². The molecule has 0 spiro atoms. The number of hydrogen-bond acceptors (Lipinski definition) is 6. The molecule has 57 heavy (non-hydrogen) atoms. The van der Waals surface area contributed by atoms with Crippen LogP contribution in [-0.2, 0) is 28.6 Å². The van der Waals surface area contributed by atoms with Gasteiger partial charge in [0, 0.05) is 19.3 Å². The van der Waals surface area contributed by atoms with Gasteiger partial charge in [-0.15, -0.1) is 0 Å². The van der Waals surface area contributed by atoms with Crippen molar-refractivity contribution < 1.29 is 28.6 Å². The predicted molar refractivity (Wildman–Crippen MR) is 242 cm³/mol. The lowest BCUT2D eigenvalue weighted by atomic mass is 10.1. The van der Waals surface area contributed by atoms with E-state index in [4.69, 9.17) is 14.2 Å². The second-order valence-corrected chi connectivity index (χ2v) is 16.4. The van der Waals surface area contributed by atoms with E-state index in [1.54, 1.807) is 0 Å². The fraction of sp³-hybridized carbons (Fsp3) is 0.824. The fourth-order valence-electron chi connectivity index (χ4n) is 6.82. The highest BCUT2D eigenvalue weighted by Gasteiger charge is 2.19. The summed E-state index contributed by atoms with van der Waals surface area (Å²) in [7, 11) is 0. The standard InChI is InChI=1S/C51H92O6/c1-4-7-10-13-16-19-22-24-25-27-29-32-35-38-41-44-50(53)56-47-48(46-55-49(52)43-40-37-34-31-28-21-18-15-12-9-6-3)57-51(54)45-42-39-36-33-30-26-23-20-17-14-11-8-5-2/h15,18,20,23-25,48H,4-14,16-17,19,21-22,26-47H2,1-3H3/b18-15-,23-20-,25-24-. The van der Waals surface area contributed by atoms with Crippen molar-refractivity contribution in [1.29, 1.82) is 0 Å². The second-order valence-electron chi connectivity index (χ2n) is 16.4. The van der Waals surface area contributed by atoms with Crippen LogP contribution >= 0.6 is 0 Å². The Kier molecular flexibility index (Phi) is 44.4. The Morgan fingerprint density at radius 1 is 0.333 bits per heavy atom. The molecule has 0 N–H and O–H groups in total. The van der Waals surface area contributed by atoms with Crippen molar-refractivity contribution in [3.63, 3.8) is 0 Å². The van der Waals surface area contributed by atoms with Crippen molar-refractivity contribution in [3.8, 4) is 0 Å². The van der Waals surface area contributed by atoms with Gasteiger partial charge >= 0.3 is 17.9 Å². The number of unbranched alkanes of at least 4 members (excludes halogenated alkanes) is 27. The number of hydrogen-bond donors (Lipinski definition) is 0. The molecule has 0 aliphatic carbocycles.